The Morgan fingerprint density at radius 2 is 2.40 bits per heavy atom. The van der Waals surface area contributed by atoms with Crippen molar-refractivity contribution in [1.29, 1.82) is 0 Å². The highest BCUT2D eigenvalue weighted by Gasteiger charge is 2.23. The first-order valence-corrected chi connectivity index (χ1v) is 3.74. The van der Waals surface area contributed by atoms with Crippen molar-refractivity contribution in [2.24, 2.45) is 11.7 Å². The van der Waals surface area contributed by atoms with E-state index in [0.29, 0.717) is 12.6 Å². The number of nitrogens with one attached hydrogen (secondary N) is 1. The van der Waals surface area contributed by atoms with Crippen molar-refractivity contribution in [1.82, 2.24) is 5.32 Å². The largest absolute Gasteiger partial charge is 0.353 e. The molecule has 1 saturated heterocycles. The van der Waals surface area contributed by atoms with Gasteiger partial charge in [0, 0.05) is 12.6 Å². The summed E-state index contributed by atoms with van der Waals surface area (Å²) in [5.74, 6) is 0.192. The number of piperidine rings is 1. The highest BCUT2D eigenvalue weighted by atomic mass is 16.2. The molecule has 0 spiro atoms. The van der Waals surface area contributed by atoms with Crippen LogP contribution in [-0.4, -0.2) is 18.5 Å². The molecule has 0 bridgehead atoms. The summed E-state index contributed by atoms with van der Waals surface area (Å²) >= 11 is 0. The average Bonchev–Trinajstić information content (AvgIpc) is 1.88. The van der Waals surface area contributed by atoms with Crippen molar-refractivity contribution in [3.8, 4) is 0 Å². The molecule has 1 aliphatic rings. The summed E-state index contributed by atoms with van der Waals surface area (Å²) in [5.41, 5.74) is 5.38. The van der Waals surface area contributed by atoms with Gasteiger partial charge in [0.2, 0.25) is 5.91 Å². The van der Waals surface area contributed by atoms with Gasteiger partial charge in [-0.2, -0.15) is 0 Å². The first kappa shape index (κ1) is 7.54. The number of amides is 1. The molecule has 0 aromatic rings. The zero-order valence-electron chi connectivity index (χ0n) is 6.26. The van der Waals surface area contributed by atoms with E-state index in [9.17, 15) is 4.79 Å². The molecular weight excluding hydrogens is 128 g/mol. The molecule has 1 heterocycles. The topological polar surface area (TPSA) is 55.1 Å². The minimum atomic E-state index is 0.0659. The first-order valence-electron chi connectivity index (χ1n) is 3.74. The first-order chi connectivity index (χ1) is 4.74. The molecule has 1 aliphatic heterocycles. The monoisotopic (exact) mass is 142 g/mol. The van der Waals surface area contributed by atoms with Gasteiger partial charge in [-0.3, -0.25) is 4.79 Å². The van der Waals surface area contributed by atoms with Gasteiger partial charge in [-0.25, -0.2) is 0 Å². The summed E-state index contributed by atoms with van der Waals surface area (Å²) < 4.78 is 0. The molecule has 0 unspecified atom stereocenters. The third-order valence-corrected chi connectivity index (χ3v) is 1.99. The number of hydrogen-bond donors (Lipinski definition) is 2. The summed E-state index contributed by atoms with van der Waals surface area (Å²) in [6.07, 6.45) is 2.01. The van der Waals surface area contributed by atoms with E-state index in [0.717, 1.165) is 12.8 Å². The molecule has 1 fully saturated rings. The maximum atomic E-state index is 11.0. The van der Waals surface area contributed by atoms with Gasteiger partial charge in [0.25, 0.3) is 0 Å². The Kier molecular flexibility index (Phi) is 2.27. The van der Waals surface area contributed by atoms with E-state index in [2.05, 4.69) is 5.32 Å². The molecule has 10 heavy (non-hydrogen) atoms. The fraction of sp³-hybridized carbons (Fsp3) is 0.857. The van der Waals surface area contributed by atoms with Gasteiger partial charge < -0.3 is 11.1 Å². The number of hydrogen-bond acceptors (Lipinski definition) is 2. The van der Waals surface area contributed by atoms with Crippen LogP contribution in [0, 0.1) is 5.92 Å². The van der Waals surface area contributed by atoms with Gasteiger partial charge in [-0.15, -0.1) is 0 Å². The second-order valence-corrected chi connectivity index (χ2v) is 2.92. The zero-order chi connectivity index (χ0) is 7.56. The highest BCUT2D eigenvalue weighted by molar-refractivity contribution is 5.79. The molecule has 0 saturated carbocycles. The van der Waals surface area contributed by atoms with E-state index in [-0.39, 0.29) is 11.8 Å². The summed E-state index contributed by atoms with van der Waals surface area (Å²) in [4.78, 5) is 11.0. The maximum absolute atomic E-state index is 11.0. The SMILES string of the molecule is C[C@H]1CC[C@@H](CN)C(=O)N1. The lowest BCUT2D eigenvalue weighted by atomic mass is 9.95. The van der Waals surface area contributed by atoms with Crippen LogP contribution in [0.25, 0.3) is 0 Å². The van der Waals surface area contributed by atoms with Crippen LogP contribution in [-0.2, 0) is 4.79 Å². The number of nitrogens with two attached hydrogens (primary N) is 1. The van der Waals surface area contributed by atoms with Crippen LogP contribution in [0.1, 0.15) is 19.8 Å². The summed E-state index contributed by atoms with van der Waals surface area (Å²) in [7, 11) is 0. The second-order valence-electron chi connectivity index (χ2n) is 2.92. The van der Waals surface area contributed by atoms with Crippen molar-refractivity contribution in [3.63, 3.8) is 0 Å². The van der Waals surface area contributed by atoms with Crippen molar-refractivity contribution >= 4 is 5.91 Å². The van der Waals surface area contributed by atoms with Gasteiger partial charge in [-0.1, -0.05) is 0 Å². The molecule has 58 valence electrons. The lowest BCUT2D eigenvalue weighted by Gasteiger charge is -2.25. The smallest absolute Gasteiger partial charge is 0.224 e. The van der Waals surface area contributed by atoms with Gasteiger partial charge >= 0.3 is 0 Å². The molecule has 0 aliphatic carbocycles. The second kappa shape index (κ2) is 3.01. The summed E-state index contributed by atoms with van der Waals surface area (Å²) in [6, 6.07) is 0.343. The number of carbonyl (C=O) groups excluding carboxylic acids is 1. The van der Waals surface area contributed by atoms with Gasteiger partial charge in [0.1, 0.15) is 0 Å². The van der Waals surface area contributed by atoms with Crippen LogP contribution in [0.15, 0.2) is 0 Å². The van der Waals surface area contributed by atoms with E-state index in [4.69, 9.17) is 5.73 Å². The Morgan fingerprint density at radius 3 is 2.90 bits per heavy atom. The number of carbonyl (C=O) groups is 1. The van der Waals surface area contributed by atoms with E-state index < -0.39 is 0 Å². The predicted molar refractivity (Wildman–Crippen MR) is 39.4 cm³/mol. The molecule has 0 aromatic heterocycles. The molecule has 1 rings (SSSR count). The Morgan fingerprint density at radius 1 is 1.70 bits per heavy atom. The lowest BCUT2D eigenvalue weighted by Crippen LogP contribution is -2.44. The van der Waals surface area contributed by atoms with Crippen LogP contribution in [0.2, 0.25) is 0 Å². The number of rotatable bonds is 1. The van der Waals surface area contributed by atoms with Crippen LogP contribution < -0.4 is 11.1 Å². The van der Waals surface area contributed by atoms with Crippen molar-refractivity contribution in [3.05, 3.63) is 0 Å². The molecular formula is C7H14N2O. The lowest BCUT2D eigenvalue weighted by molar-refractivity contribution is -0.127. The van der Waals surface area contributed by atoms with E-state index >= 15 is 0 Å². The molecule has 1 amide bonds. The molecule has 2 atom stereocenters. The molecule has 3 nitrogen and oxygen atoms in total. The van der Waals surface area contributed by atoms with Crippen molar-refractivity contribution < 1.29 is 4.79 Å². The summed E-state index contributed by atoms with van der Waals surface area (Å²) in [6.45, 7) is 2.50. The Balaban J connectivity index is 2.43. The Bertz CT molecular complexity index is 136. The van der Waals surface area contributed by atoms with Gasteiger partial charge in [-0.05, 0) is 19.8 Å². The minimum absolute atomic E-state index is 0.0659. The standard InChI is InChI=1S/C7H14N2O/c1-5-2-3-6(4-8)7(10)9-5/h5-6H,2-4,8H2,1H3,(H,9,10)/t5-,6-/m0/s1. The third-order valence-electron chi connectivity index (χ3n) is 1.99. The van der Waals surface area contributed by atoms with Crippen molar-refractivity contribution in [2.45, 2.75) is 25.8 Å². The fourth-order valence-electron chi connectivity index (χ4n) is 1.24. The van der Waals surface area contributed by atoms with Gasteiger partial charge in [0.05, 0.1) is 5.92 Å². The normalized spacial score (nSPS) is 33.6. The predicted octanol–water partition coefficient (Wildman–Crippen LogP) is -0.140. The van der Waals surface area contributed by atoms with Crippen molar-refractivity contribution in [2.75, 3.05) is 6.54 Å². The average molecular weight is 142 g/mol. The zero-order valence-corrected chi connectivity index (χ0v) is 6.26. The third kappa shape index (κ3) is 1.48. The molecule has 0 radical (unpaired) electrons. The Labute approximate surface area is 61.0 Å². The maximum Gasteiger partial charge on any atom is 0.224 e. The van der Waals surface area contributed by atoms with Crippen LogP contribution >= 0.6 is 0 Å². The fourth-order valence-corrected chi connectivity index (χ4v) is 1.24. The van der Waals surface area contributed by atoms with Crippen LogP contribution in [0.5, 0.6) is 0 Å². The van der Waals surface area contributed by atoms with Crippen LogP contribution in [0.3, 0.4) is 0 Å². The Hall–Kier alpha value is -0.570. The summed E-state index contributed by atoms with van der Waals surface area (Å²) in [5, 5.41) is 2.86. The van der Waals surface area contributed by atoms with E-state index in [1.165, 1.54) is 0 Å². The molecule has 3 N–H and O–H groups in total. The quantitative estimate of drug-likeness (QED) is 0.535. The highest BCUT2D eigenvalue weighted by Crippen LogP contribution is 2.13. The van der Waals surface area contributed by atoms with E-state index in [1.807, 2.05) is 6.92 Å². The molecule has 3 heteroatoms. The van der Waals surface area contributed by atoms with Gasteiger partial charge in [0.15, 0.2) is 0 Å². The van der Waals surface area contributed by atoms with E-state index in [1.54, 1.807) is 0 Å². The minimum Gasteiger partial charge on any atom is -0.353 e. The molecule has 0 aromatic carbocycles. The van der Waals surface area contributed by atoms with Crippen LogP contribution in [0.4, 0.5) is 0 Å².